The smallest absolute Gasteiger partial charge is 0.115 e. The number of rotatable bonds is 3. The van der Waals surface area contributed by atoms with Crippen molar-refractivity contribution in [3.63, 3.8) is 0 Å². The van der Waals surface area contributed by atoms with Gasteiger partial charge in [-0.2, -0.15) is 0 Å². The van der Waals surface area contributed by atoms with Crippen LogP contribution in [0, 0.1) is 0 Å². The molecule has 4 aromatic rings. The molecule has 2 unspecified atom stereocenters. The Morgan fingerprint density at radius 2 is 1.79 bits per heavy atom. The number of aliphatic hydroxyl groups is 1. The van der Waals surface area contributed by atoms with Gasteiger partial charge in [0.2, 0.25) is 0 Å². The van der Waals surface area contributed by atoms with Crippen molar-refractivity contribution >= 4 is 26.8 Å². The van der Waals surface area contributed by atoms with Crippen molar-refractivity contribution in [2.24, 2.45) is 0 Å². The molecule has 1 aromatic heterocycles. The van der Waals surface area contributed by atoms with Crippen LogP contribution in [0.25, 0.3) is 10.9 Å². The normalized spacial score (nSPS) is 25.0. The molecule has 0 radical (unpaired) electrons. The van der Waals surface area contributed by atoms with Gasteiger partial charge in [-0.05, 0) is 53.9 Å². The molecule has 1 saturated heterocycles. The third-order valence-electron chi connectivity index (χ3n) is 7.79. The van der Waals surface area contributed by atoms with Gasteiger partial charge in [0, 0.05) is 52.4 Å². The van der Waals surface area contributed by atoms with Gasteiger partial charge in [-0.15, -0.1) is 0 Å². The predicted octanol–water partition coefficient (Wildman–Crippen LogP) is 5.31. The summed E-state index contributed by atoms with van der Waals surface area (Å²) in [6.45, 7) is 2.31. The largest absolute Gasteiger partial charge is 0.508 e. The highest BCUT2D eigenvalue weighted by molar-refractivity contribution is 9.10. The van der Waals surface area contributed by atoms with E-state index in [9.17, 15) is 10.2 Å². The number of likely N-dealkylation sites (tertiary alicyclic amines) is 1. The van der Waals surface area contributed by atoms with Gasteiger partial charge in [0.1, 0.15) is 5.75 Å². The number of nitrogens with one attached hydrogen (secondary N) is 1. The van der Waals surface area contributed by atoms with Gasteiger partial charge in [-0.3, -0.25) is 4.90 Å². The Kier molecular flexibility index (Phi) is 4.91. The number of hydrogen-bond donors (Lipinski definition) is 3. The average Bonchev–Trinajstić information content (AvgIpc) is 3.15. The second-order valence-electron chi connectivity index (χ2n) is 9.71. The zero-order chi connectivity index (χ0) is 22.6. The first-order valence-corrected chi connectivity index (χ1v) is 12.3. The quantitative estimate of drug-likeness (QED) is 0.355. The molecule has 1 aliphatic heterocycles. The van der Waals surface area contributed by atoms with E-state index in [2.05, 4.69) is 68.3 Å². The van der Waals surface area contributed by atoms with E-state index in [0.29, 0.717) is 13.0 Å². The number of hydrogen-bond acceptors (Lipinski definition) is 3. The molecule has 2 aliphatic rings. The maximum absolute atomic E-state index is 12.5. The molecule has 0 saturated carbocycles. The number of halogens is 1. The summed E-state index contributed by atoms with van der Waals surface area (Å²) in [5.74, 6) is 0.251. The second kappa shape index (κ2) is 7.73. The van der Waals surface area contributed by atoms with E-state index in [1.807, 2.05) is 24.3 Å². The van der Waals surface area contributed by atoms with E-state index in [1.165, 1.54) is 22.2 Å². The van der Waals surface area contributed by atoms with Gasteiger partial charge >= 0.3 is 0 Å². The SMILES string of the molecule is Oc1cccc(C23CCN(Cc4ccccc4)CC2(O)Cc2c([nH]c4cccc(Br)c24)C3)c1. The van der Waals surface area contributed by atoms with Crippen molar-refractivity contribution in [2.45, 2.75) is 36.8 Å². The highest BCUT2D eigenvalue weighted by Gasteiger charge is 2.57. The van der Waals surface area contributed by atoms with Crippen LogP contribution in [0.5, 0.6) is 5.75 Å². The van der Waals surface area contributed by atoms with E-state index in [-0.39, 0.29) is 5.75 Å². The zero-order valence-corrected chi connectivity index (χ0v) is 20.0. The molecule has 0 amide bonds. The number of aromatic hydroxyl groups is 1. The molecule has 1 fully saturated rings. The zero-order valence-electron chi connectivity index (χ0n) is 18.4. The highest BCUT2D eigenvalue weighted by atomic mass is 79.9. The van der Waals surface area contributed by atoms with Crippen LogP contribution < -0.4 is 0 Å². The first-order chi connectivity index (χ1) is 16.0. The van der Waals surface area contributed by atoms with Crippen LogP contribution in [-0.4, -0.2) is 38.8 Å². The molecule has 2 atom stereocenters. The van der Waals surface area contributed by atoms with E-state index in [4.69, 9.17) is 0 Å². The monoisotopic (exact) mass is 502 g/mol. The summed E-state index contributed by atoms with van der Waals surface area (Å²) in [4.78, 5) is 6.03. The van der Waals surface area contributed by atoms with Crippen molar-refractivity contribution in [2.75, 3.05) is 13.1 Å². The molecule has 4 nitrogen and oxygen atoms in total. The Morgan fingerprint density at radius 3 is 2.61 bits per heavy atom. The van der Waals surface area contributed by atoms with Crippen LogP contribution in [-0.2, 0) is 24.8 Å². The standard InChI is InChI=1S/C28H27BrN2O2/c29-23-10-5-11-24-26(23)22-15-28(33)18-31(17-19-6-2-1-3-7-19)13-12-27(28,16-25(22)30-24)20-8-4-9-21(32)14-20/h1-11,14,30,32-33H,12-13,15-18H2. The van der Waals surface area contributed by atoms with Gasteiger partial charge in [-0.1, -0.05) is 64.5 Å². The number of H-pyrrole nitrogens is 1. The fraction of sp³-hybridized carbons (Fsp3) is 0.286. The maximum atomic E-state index is 12.5. The van der Waals surface area contributed by atoms with E-state index in [1.54, 1.807) is 6.07 Å². The summed E-state index contributed by atoms with van der Waals surface area (Å²) in [6, 6.07) is 24.2. The minimum Gasteiger partial charge on any atom is -0.508 e. The molecule has 6 rings (SSSR count). The number of aromatic nitrogens is 1. The number of nitrogens with zero attached hydrogens (tertiary/aromatic N) is 1. The molecular formula is C28H27BrN2O2. The molecule has 0 bridgehead atoms. The van der Waals surface area contributed by atoms with Gasteiger partial charge in [0.15, 0.2) is 0 Å². The number of fused-ring (bicyclic) bond motifs is 4. The molecule has 168 valence electrons. The van der Waals surface area contributed by atoms with Crippen LogP contribution in [0.1, 0.15) is 28.8 Å². The van der Waals surface area contributed by atoms with E-state index >= 15 is 0 Å². The van der Waals surface area contributed by atoms with Gasteiger partial charge in [-0.25, -0.2) is 0 Å². The van der Waals surface area contributed by atoms with Crippen molar-refractivity contribution in [1.82, 2.24) is 9.88 Å². The molecule has 0 spiro atoms. The lowest BCUT2D eigenvalue weighted by atomic mass is 9.56. The summed E-state index contributed by atoms with van der Waals surface area (Å²) in [5, 5.41) is 24.0. The number of benzene rings is 3. The van der Waals surface area contributed by atoms with Crippen molar-refractivity contribution in [3.05, 3.63) is 99.7 Å². The number of β-amino-alcohol motifs (C(OH)–C–C–N with tert-alkyl or cyclic N) is 1. The number of phenols is 1. The fourth-order valence-corrected chi connectivity index (χ4v) is 6.82. The molecular weight excluding hydrogens is 476 g/mol. The molecule has 5 heteroatoms. The Balaban J connectivity index is 1.47. The summed E-state index contributed by atoms with van der Waals surface area (Å²) in [6.07, 6.45) is 2.13. The summed E-state index contributed by atoms with van der Waals surface area (Å²) in [5.41, 5.74) is 4.37. The Hall–Kier alpha value is -2.60. The lowest BCUT2D eigenvalue weighted by Crippen LogP contribution is -2.66. The van der Waals surface area contributed by atoms with Crippen molar-refractivity contribution < 1.29 is 10.2 Å². The molecule has 1 aliphatic carbocycles. The number of phenolic OH excluding ortho intramolecular Hbond substituents is 1. The van der Waals surface area contributed by atoms with E-state index in [0.717, 1.165) is 41.5 Å². The Bertz CT molecular complexity index is 1330. The number of piperidine rings is 1. The van der Waals surface area contributed by atoms with Crippen LogP contribution in [0.4, 0.5) is 0 Å². The highest BCUT2D eigenvalue weighted by Crippen LogP contribution is 2.52. The Labute approximate surface area is 202 Å². The summed E-state index contributed by atoms with van der Waals surface area (Å²) in [7, 11) is 0. The predicted molar refractivity (Wildman–Crippen MR) is 134 cm³/mol. The van der Waals surface area contributed by atoms with Crippen LogP contribution >= 0.6 is 15.9 Å². The lowest BCUT2D eigenvalue weighted by molar-refractivity contribution is -0.105. The van der Waals surface area contributed by atoms with Crippen molar-refractivity contribution in [1.29, 1.82) is 0 Å². The second-order valence-corrected chi connectivity index (χ2v) is 10.6. The first-order valence-electron chi connectivity index (χ1n) is 11.5. The molecule has 33 heavy (non-hydrogen) atoms. The minimum atomic E-state index is -0.953. The van der Waals surface area contributed by atoms with Gasteiger partial charge in [0.05, 0.1) is 5.60 Å². The fourth-order valence-electron chi connectivity index (χ4n) is 6.22. The summed E-state index contributed by atoms with van der Waals surface area (Å²) < 4.78 is 1.06. The number of aromatic amines is 1. The third kappa shape index (κ3) is 3.33. The van der Waals surface area contributed by atoms with Crippen LogP contribution in [0.15, 0.2) is 77.3 Å². The third-order valence-corrected chi connectivity index (χ3v) is 8.45. The van der Waals surface area contributed by atoms with Crippen molar-refractivity contribution in [3.8, 4) is 5.75 Å². The Morgan fingerprint density at radius 1 is 0.970 bits per heavy atom. The molecule has 2 heterocycles. The minimum absolute atomic E-state index is 0.251. The average molecular weight is 503 g/mol. The topological polar surface area (TPSA) is 59.5 Å². The summed E-state index contributed by atoms with van der Waals surface area (Å²) >= 11 is 3.74. The van der Waals surface area contributed by atoms with Crippen LogP contribution in [0.2, 0.25) is 0 Å². The lowest BCUT2D eigenvalue weighted by Gasteiger charge is -2.56. The molecule has 3 aromatic carbocycles. The van der Waals surface area contributed by atoms with Gasteiger partial charge in [0.25, 0.3) is 0 Å². The maximum Gasteiger partial charge on any atom is 0.115 e. The van der Waals surface area contributed by atoms with E-state index < -0.39 is 11.0 Å². The first kappa shape index (κ1) is 21.0. The molecule has 3 N–H and O–H groups in total. The van der Waals surface area contributed by atoms with Gasteiger partial charge < -0.3 is 15.2 Å². The van der Waals surface area contributed by atoms with Crippen LogP contribution in [0.3, 0.4) is 0 Å².